The molecular formula is C22H26N2O5S. The van der Waals surface area contributed by atoms with Gasteiger partial charge in [-0.1, -0.05) is 56.3 Å². The number of carboxylic acids is 1. The van der Waals surface area contributed by atoms with Gasteiger partial charge in [0.05, 0.1) is 0 Å². The highest BCUT2D eigenvalue weighted by atomic mass is 32.1. The van der Waals surface area contributed by atoms with Crippen LogP contribution in [0.15, 0.2) is 54.6 Å². The maximum atomic E-state index is 12.8. The minimum absolute atomic E-state index is 0.0410. The Bertz CT molecular complexity index is 871. The largest absolute Gasteiger partial charge is 0.508 e. The van der Waals surface area contributed by atoms with E-state index in [1.807, 2.05) is 6.07 Å². The van der Waals surface area contributed by atoms with Crippen LogP contribution in [-0.2, 0) is 20.8 Å². The molecule has 8 heteroatoms. The van der Waals surface area contributed by atoms with Crippen LogP contribution in [-0.4, -0.2) is 40.1 Å². The zero-order valence-corrected chi connectivity index (χ0v) is 17.7. The zero-order chi connectivity index (χ0) is 22.3. The molecule has 160 valence electrons. The van der Waals surface area contributed by atoms with E-state index in [0.717, 1.165) is 0 Å². The van der Waals surface area contributed by atoms with Gasteiger partial charge >= 0.3 is 5.97 Å². The molecule has 7 nitrogen and oxygen atoms in total. The van der Waals surface area contributed by atoms with Crippen molar-refractivity contribution in [1.29, 1.82) is 0 Å². The van der Waals surface area contributed by atoms with E-state index < -0.39 is 35.1 Å². The Morgan fingerprint density at radius 1 is 0.933 bits per heavy atom. The molecule has 0 heterocycles. The van der Waals surface area contributed by atoms with Gasteiger partial charge in [0.1, 0.15) is 23.1 Å². The molecule has 0 fully saturated rings. The number of nitrogens with one attached hydrogen (secondary N) is 2. The number of benzene rings is 2. The van der Waals surface area contributed by atoms with Crippen LogP contribution in [0.2, 0.25) is 0 Å². The molecule has 0 aromatic heterocycles. The van der Waals surface area contributed by atoms with Gasteiger partial charge < -0.3 is 20.8 Å². The number of carbonyl (C=O) groups is 3. The van der Waals surface area contributed by atoms with E-state index >= 15 is 0 Å². The van der Waals surface area contributed by atoms with Gasteiger partial charge in [-0.25, -0.2) is 4.79 Å². The average Bonchev–Trinajstić information content (AvgIpc) is 2.72. The molecule has 0 saturated heterocycles. The molecule has 2 aromatic carbocycles. The third-order valence-corrected chi connectivity index (χ3v) is 5.13. The van der Waals surface area contributed by atoms with Crippen LogP contribution in [0.5, 0.6) is 5.75 Å². The Hall–Kier alpha value is -3.00. The van der Waals surface area contributed by atoms with Gasteiger partial charge in [-0.3, -0.25) is 9.59 Å². The first-order chi connectivity index (χ1) is 14.2. The highest BCUT2D eigenvalue weighted by Gasteiger charge is 2.30. The predicted octanol–water partition coefficient (Wildman–Crippen LogP) is 2.32. The number of aliphatic carboxylic acids is 1. The lowest BCUT2D eigenvalue weighted by atomic mass is 10.0. The van der Waals surface area contributed by atoms with E-state index in [9.17, 15) is 24.6 Å². The van der Waals surface area contributed by atoms with E-state index in [0.29, 0.717) is 11.1 Å². The molecule has 2 rings (SSSR count). The molecule has 0 bridgehead atoms. The molecule has 0 aliphatic carbocycles. The van der Waals surface area contributed by atoms with Gasteiger partial charge in [0.2, 0.25) is 11.8 Å². The van der Waals surface area contributed by atoms with Gasteiger partial charge in [-0.05, 0) is 29.2 Å². The summed E-state index contributed by atoms with van der Waals surface area (Å²) in [7, 11) is 0. The quantitative estimate of drug-likeness (QED) is 0.392. The molecule has 0 aliphatic heterocycles. The number of aromatic hydroxyl groups is 1. The predicted molar refractivity (Wildman–Crippen MR) is 116 cm³/mol. The summed E-state index contributed by atoms with van der Waals surface area (Å²) in [5.41, 5.74) is 1.34. The van der Waals surface area contributed by atoms with Crippen LogP contribution in [0.1, 0.15) is 30.2 Å². The number of amides is 2. The van der Waals surface area contributed by atoms with Crippen LogP contribution in [0, 0.1) is 5.92 Å². The fourth-order valence-electron chi connectivity index (χ4n) is 2.88. The van der Waals surface area contributed by atoms with Crippen LogP contribution >= 0.6 is 12.6 Å². The zero-order valence-electron chi connectivity index (χ0n) is 16.8. The van der Waals surface area contributed by atoms with Crippen molar-refractivity contribution in [2.45, 2.75) is 37.6 Å². The van der Waals surface area contributed by atoms with Crippen LogP contribution < -0.4 is 10.6 Å². The first kappa shape index (κ1) is 23.3. The van der Waals surface area contributed by atoms with Crippen molar-refractivity contribution in [2.75, 3.05) is 0 Å². The summed E-state index contributed by atoms with van der Waals surface area (Å²) < 4.78 is 0. The van der Waals surface area contributed by atoms with Gasteiger partial charge in [0, 0.05) is 6.42 Å². The highest BCUT2D eigenvalue weighted by Crippen LogP contribution is 2.20. The third-order valence-electron chi connectivity index (χ3n) is 4.60. The van der Waals surface area contributed by atoms with Gasteiger partial charge in [-0.2, -0.15) is 12.6 Å². The van der Waals surface area contributed by atoms with Crippen LogP contribution in [0.3, 0.4) is 0 Å². The molecule has 0 aliphatic rings. The standard InChI is InChI=1S/C22H26N2O5S/c1-13(2)18(24-21(27)19(30)15-6-4-3-5-7-15)20(26)23-17(22(28)29)12-14-8-10-16(25)11-9-14/h3-11,13,17-19,25,30H,12H2,1-2H3,(H,23,26)(H,24,27)(H,28,29)/t17-,18-,19?/m0/s1. The SMILES string of the molecule is CC(C)[C@H](NC(=O)C(S)c1ccccc1)C(=O)N[C@@H](Cc1ccc(O)cc1)C(=O)O. The molecule has 30 heavy (non-hydrogen) atoms. The minimum atomic E-state index is -1.19. The molecule has 0 saturated carbocycles. The Kier molecular flexibility index (Phi) is 8.29. The van der Waals surface area contributed by atoms with E-state index in [-0.39, 0.29) is 18.1 Å². The summed E-state index contributed by atoms with van der Waals surface area (Å²) in [6.45, 7) is 3.52. The Balaban J connectivity index is 2.08. The van der Waals surface area contributed by atoms with Crippen molar-refractivity contribution in [3.05, 3.63) is 65.7 Å². The Morgan fingerprint density at radius 3 is 2.07 bits per heavy atom. The molecule has 2 aromatic rings. The lowest BCUT2D eigenvalue weighted by Crippen LogP contribution is -2.54. The smallest absolute Gasteiger partial charge is 0.326 e. The number of carbonyl (C=O) groups excluding carboxylic acids is 2. The second-order valence-corrected chi connectivity index (χ2v) is 7.83. The van der Waals surface area contributed by atoms with E-state index in [4.69, 9.17) is 0 Å². The second-order valence-electron chi connectivity index (χ2n) is 7.31. The van der Waals surface area contributed by atoms with Crippen molar-refractivity contribution in [3.8, 4) is 5.75 Å². The summed E-state index contributed by atoms with van der Waals surface area (Å²) in [5, 5.41) is 23.3. The van der Waals surface area contributed by atoms with E-state index in [1.165, 1.54) is 12.1 Å². The van der Waals surface area contributed by atoms with Crippen molar-refractivity contribution < 1.29 is 24.6 Å². The molecule has 3 atom stereocenters. The normalized spacial score (nSPS) is 13.9. The molecular weight excluding hydrogens is 404 g/mol. The number of phenolic OH excluding ortho intramolecular Hbond substituents is 1. The Labute approximate surface area is 180 Å². The third kappa shape index (κ3) is 6.52. The molecule has 0 spiro atoms. The molecule has 1 unspecified atom stereocenters. The topological polar surface area (TPSA) is 116 Å². The molecule has 4 N–H and O–H groups in total. The number of hydrogen-bond acceptors (Lipinski definition) is 5. The van der Waals surface area contributed by atoms with Crippen molar-refractivity contribution in [1.82, 2.24) is 10.6 Å². The highest BCUT2D eigenvalue weighted by molar-refractivity contribution is 7.81. The van der Waals surface area contributed by atoms with Crippen LogP contribution in [0.25, 0.3) is 0 Å². The van der Waals surface area contributed by atoms with E-state index in [2.05, 4.69) is 23.3 Å². The summed E-state index contributed by atoms with van der Waals surface area (Å²) in [6.07, 6.45) is 0.0410. The monoisotopic (exact) mass is 430 g/mol. The summed E-state index contributed by atoms with van der Waals surface area (Å²) in [5.74, 6) is -2.42. The second kappa shape index (κ2) is 10.7. The summed E-state index contributed by atoms with van der Waals surface area (Å²) >= 11 is 4.34. The Morgan fingerprint density at radius 2 is 1.53 bits per heavy atom. The van der Waals surface area contributed by atoms with Crippen molar-refractivity contribution in [3.63, 3.8) is 0 Å². The lowest BCUT2D eigenvalue weighted by Gasteiger charge is -2.25. The van der Waals surface area contributed by atoms with Crippen molar-refractivity contribution in [2.24, 2.45) is 5.92 Å². The van der Waals surface area contributed by atoms with Gasteiger partial charge in [-0.15, -0.1) is 0 Å². The number of phenols is 1. The average molecular weight is 431 g/mol. The lowest BCUT2D eigenvalue weighted by molar-refractivity contribution is -0.142. The summed E-state index contributed by atoms with van der Waals surface area (Å²) in [4.78, 5) is 37.0. The summed E-state index contributed by atoms with van der Waals surface area (Å²) in [6, 6.07) is 12.9. The molecule has 2 amide bonds. The maximum Gasteiger partial charge on any atom is 0.326 e. The van der Waals surface area contributed by atoms with Crippen LogP contribution in [0.4, 0.5) is 0 Å². The van der Waals surface area contributed by atoms with Gasteiger partial charge in [0.25, 0.3) is 0 Å². The maximum absolute atomic E-state index is 12.8. The number of rotatable bonds is 9. The number of hydrogen-bond donors (Lipinski definition) is 5. The first-order valence-corrected chi connectivity index (χ1v) is 10.0. The fourth-order valence-corrected chi connectivity index (χ4v) is 3.13. The number of carboxylic acid groups (broad SMARTS) is 1. The fraction of sp³-hybridized carbons (Fsp3) is 0.318. The minimum Gasteiger partial charge on any atom is -0.508 e. The van der Waals surface area contributed by atoms with E-state index in [1.54, 1.807) is 50.2 Å². The van der Waals surface area contributed by atoms with Gasteiger partial charge in [0.15, 0.2) is 0 Å². The molecule has 0 radical (unpaired) electrons. The first-order valence-electron chi connectivity index (χ1n) is 9.53. The number of thiol groups is 1. The van der Waals surface area contributed by atoms with Crippen molar-refractivity contribution >= 4 is 30.4 Å².